The molecule has 112 valence electrons. The Balaban J connectivity index is 1.86. The molecule has 1 fully saturated rings. The van der Waals surface area contributed by atoms with Crippen LogP contribution < -0.4 is 10.6 Å². The molecular weight excluding hydrogens is 242 g/mol. The second-order valence-electron chi connectivity index (χ2n) is 6.08. The van der Waals surface area contributed by atoms with Crippen LogP contribution in [-0.2, 0) is 4.74 Å². The van der Waals surface area contributed by atoms with E-state index < -0.39 is 5.60 Å². The number of ether oxygens (including phenoxy) is 1. The normalized spacial score (nSPS) is 16.6. The van der Waals surface area contributed by atoms with Gasteiger partial charge in [0.15, 0.2) is 0 Å². The first-order valence-electron chi connectivity index (χ1n) is 7.37. The molecule has 0 aromatic heterocycles. The average Bonchev–Trinajstić information content (AvgIpc) is 2.78. The van der Waals surface area contributed by atoms with Gasteiger partial charge < -0.3 is 20.3 Å². The Kier molecular flexibility index (Phi) is 7.16. The summed E-state index contributed by atoms with van der Waals surface area (Å²) < 4.78 is 5.15. The van der Waals surface area contributed by atoms with Crippen molar-refractivity contribution in [1.29, 1.82) is 0 Å². The van der Waals surface area contributed by atoms with E-state index in [1.807, 2.05) is 20.8 Å². The van der Waals surface area contributed by atoms with Crippen molar-refractivity contribution in [3.05, 3.63) is 0 Å². The Hall–Kier alpha value is -0.810. The fourth-order valence-electron chi connectivity index (χ4n) is 2.13. The number of carbonyl (C=O) groups is 1. The monoisotopic (exact) mass is 271 g/mol. The van der Waals surface area contributed by atoms with Gasteiger partial charge in [-0.25, -0.2) is 4.79 Å². The second-order valence-corrected chi connectivity index (χ2v) is 6.08. The molecule has 0 aliphatic carbocycles. The number of likely N-dealkylation sites (tertiary alicyclic amines) is 1. The Labute approximate surface area is 117 Å². The molecule has 0 atom stereocenters. The van der Waals surface area contributed by atoms with Gasteiger partial charge in [-0.2, -0.15) is 0 Å². The number of hydrogen-bond acceptors (Lipinski definition) is 4. The van der Waals surface area contributed by atoms with Crippen molar-refractivity contribution in [2.24, 2.45) is 0 Å². The zero-order valence-corrected chi connectivity index (χ0v) is 12.6. The maximum Gasteiger partial charge on any atom is 0.407 e. The molecular formula is C14H29N3O2. The molecule has 1 saturated heterocycles. The second kappa shape index (κ2) is 8.38. The Morgan fingerprint density at radius 2 is 1.84 bits per heavy atom. The van der Waals surface area contributed by atoms with Crippen molar-refractivity contribution in [2.45, 2.75) is 45.6 Å². The number of carbonyl (C=O) groups excluding carboxylic acids is 1. The highest BCUT2D eigenvalue weighted by Gasteiger charge is 2.15. The van der Waals surface area contributed by atoms with Gasteiger partial charge in [0.1, 0.15) is 5.60 Å². The number of alkyl carbamates (subject to hydrolysis) is 1. The first-order valence-corrected chi connectivity index (χ1v) is 7.37. The third-order valence-electron chi connectivity index (χ3n) is 3.00. The number of nitrogens with one attached hydrogen (secondary N) is 2. The van der Waals surface area contributed by atoms with Crippen molar-refractivity contribution in [1.82, 2.24) is 15.5 Å². The third-order valence-corrected chi connectivity index (χ3v) is 3.00. The molecule has 1 aliphatic heterocycles. The molecule has 5 heteroatoms. The van der Waals surface area contributed by atoms with Crippen LogP contribution in [0.15, 0.2) is 0 Å². The highest BCUT2D eigenvalue weighted by Crippen LogP contribution is 2.07. The lowest BCUT2D eigenvalue weighted by Crippen LogP contribution is -2.36. The Morgan fingerprint density at radius 1 is 1.16 bits per heavy atom. The van der Waals surface area contributed by atoms with E-state index in [4.69, 9.17) is 4.74 Å². The zero-order chi connectivity index (χ0) is 14.1. The van der Waals surface area contributed by atoms with Gasteiger partial charge >= 0.3 is 6.09 Å². The molecule has 1 rings (SSSR count). The van der Waals surface area contributed by atoms with Gasteiger partial charge in [0.05, 0.1) is 0 Å². The summed E-state index contributed by atoms with van der Waals surface area (Å²) in [6.07, 6.45) is 3.54. The summed E-state index contributed by atoms with van der Waals surface area (Å²) >= 11 is 0. The van der Waals surface area contributed by atoms with Crippen molar-refractivity contribution < 1.29 is 9.53 Å². The number of nitrogens with zero attached hydrogens (tertiary/aromatic N) is 1. The van der Waals surface area contributed by atoms with E-state index in [0.717, 1.165) is 13.1 Å². The number of rotatable bonds is 7. The lowest BCUT2D eigenvalue weighted by atomic mass is 10.2. The largest absolute Gasteiger partial charge is 0.444 e. The molecule has 0 aromatic carbocycles. The molecule has 1 amide bonds. The van der Waals surface area contributed by atoms with E-state index in [0.29, 0.717) is 6.54 Å². The zero-order valence-electron chi connectivity index (χ0n) is 12.6. The molecule has 1 aliphatic rings. The van der Waals surface area contributed by atoms with Crippen LogP contribution in [0, 0.1) is 0 Å². The summed E-state index contributed by atoms with van der Waals surface area (Å²) in [5.74, 6) is 0. The summed E-state index contributed by atoms with van der Waals surface area (Å²) in [4.78, 5) is 13.9. The van der Waals surface area contributed by atoms with Gasteiger partial charge in [-0.1, -0.05) is 0 Å². The van der Waals surface area contributed by atoms with Gasteiger partial charge in [0.2, 0.25) is 0 Å². The Bertz CT molecular complexity index is 258. The molecule has 0 radical (unpaired) electrons. The predicted molar refractivity (Wildman–Crippen MR) is 77.4 cm³/mol. The maximum atomic E-state index is 11.4. The smallest absolute Gasteiger partial charge is 0.407 e. The molecule has 0 spiro atoms. The summed E-state index contributed by atoms with van der Waals surface area (Å²) in [6, 6.07) is 0. The van der Waals surface area contributed by atoms with Crippen LogP contribution in [0.25, 0.3) is 0 Å². The highest BCUT2D eigenvalue weighted by molar-refractivity contribution is 5.67. The van der Waals surface area contributed by atoms with Crippen LogP contribution in [-0.4, -0.2) is 55.9 Å². The minimum absolute atomic E-state index is 0.341. The van der Waals surface area contributed by atoms with Crippen LogP contribution >= 0.6 is 0 Å². The summed E-state index contributed by atoms with van der Waals surface area (Å²) in [7, 11) is 0. The molecule has 5 nitrogen and oxygen atoms in total. The van der Waals surface area contributed by atoms with Gasteiger partial charge in [-0.15, -0.1) is 0 Å². The van der Waals surface area contributed by atoms with E-state index in [-0.39, 0.29) is 6.09 Å². The topological polar surface area (TPSA) is 53.6 Å². The summed E-state index contributed by atoms with van der Waals surface area (Å²) in [5.41, 5.74) is -0.423. The van der Waals surface area contributed by atoms with Gasteiger partial charge in [-0.3, -0.25) is 0 Å². The lowest BCUT2D eigenvalue weighted by molar-refractivity contribution is 0.0528. The average molecular weight is 271 g/mol. The minimum Gasteiger partial charge on any atom is -0.444 e. The first-order chi connectivity index (χ1) is 8.97. The summed E-state index contributed by atoms with van der Waals surface area (Å²) in [5, 5.41) is 6.07. The molecule has 1 heterocycles. The van der Waals surface area contributed by atoms with Gasteiger partial charge in [-0.05, 0) is 66.2 Å². The minimum atomic E-state index is -0.423. The summed E-state index contributed by atoms with van der Waals surface area (Å²) in [6.45, 7) is 11.7. The van der Waals surface area contributed by atoms with Crippen LogP contribution in [0.4, 0.5) is 4.79 Å². The van der Waals surface area contributed by atoms with E-state index in [1.54, 1.807) is 0 Å². The maximum absolute atomic E-state index is 11.4. The van der Waals surface area contributed by atoms with Crippen LogP contribution in [0.3, 0.4) is 0 Å². The predicted octanol–water partition coefficient (Wildman–Crippen LogP) is 1.59. The van der Waals surface area contributed by atoms with E-state index in [2.05, 4.69) is 15.5 Å². The van der Waals surface area contributed by atoms with E-state index in [1.165, 1.54) is 38.9 Å². The number of hydrogen-bond donors (Lipinski definition) is 2. The highest BCUT2D eigenvalue weighted by atomic mass is 16.6. The van der Waals surface area contributed by atoms with Crippen molar-refractivity contribution in [2.75, 3.05) is 39.3 Å². The quantitative estimate of drug-likeness (QED) is 0.690. The molecule has 0 bridgehead atoms. The Morgan fingerprint density at radius 3 is 2.47 bits per heavy atom. The van der Waals surface area contributed by atoms with Crippen LogP contribution in [0.1, 0.15) is 40.0 Å². The van der Waals surface area contributed by atoms with Crippen LogP contribution in [0.2, 0.25) is 0 Å². The SMILES string of the molecule is CC(C)(C)OC(=O)NCCNCCCN1CCCC1. The standard InChI is InChI=1S/C14H29N3O2/c1-14(2,3)19-13(18)16-9-8-15-7-6-12-17-10-4-5-11-17/h15H,4-12H2,1-3H3,(H,16,18). The third kappa shape index (κ3) is 8.83. The van der Waals surface area contributed by atoms with Crippen molar-refractivity contribution >= 4 is 6.09 Å². The van der Waals surface area contributed by atoms with Crippen LogP contribution in [0.5, 0.6) is 0 Å². The molecule has 19 heavy (non-hydrogen) atoms. The molecule has 0 unspecified atom stereocenters. The van der Waals surface area contributed by atoms with Gasteiger partial charge in [0, 0.05) is 13.1 Å². The fraction of sp³-hybridized carbons (Fsp3) is 0.929. The molecule has 2 N–H and O–H groups in total. The van der Waals surface area contributed by atoms with Gasteiger partial charge in [0.25, 0.3) is 0 Å². The number of amides is 1. The molecule has 0 saturated carbocycles. The van der Waals surface area contributed by atoms with E-state index >= 15 is 0 Å². The van der Waals surface area contributed by atoms with Crippen molar-refractivity contribution in [3.8, 4) is 0 Å². The van der Waals surface area contributed by atoms with Crippen molar-refractivity contribution in [3.63, 3.8) is 0 Å². The first kappa shape index (κ1) is 16.2. The lowest BCUT2D eigenvalue weighted by Gasteiger charge is -2.19. The fourth-order valence-corrected chi connectivity index (χ4v) is 2.13. The molecule has 0 aromatic rings. The van der Waals surface area contributed by atoms with E-state index in [9.17, 15) is 4.79 Å².